The third kappa shape index (κ3) is 5.21. The van der Waals surface area contributed by atoms with Crippen LogP contribution in [-0.2, 0) is 19.2 Å². The second-order valence-electron chi connectivity index (χ2n) is 6.95. The first-order chi connectivity index (χ1) is 13.2. The van der Waals surface area contributed by atoms with E-state index in [1.165, 1.54) is 4.90 Å². The van der Waals surface area contributed by atoms with Gasteiger partial charge in [-0.3, -0.25) is 19.2 Å². The Hall–Kier alpha value is -3.10. The van der Waals surface area contributed by atoms with E-state index in [4.69, 9.17) is 9.84 Å². The van der Waals surface area contributed by atoms with Gasteiger partial charge in [-0.2, -0.15) is 0 Å². The van der Waals surface area contributed by atoms with Crippen molar-refractivity contribution >= 4 is 29.4 Å². The summed E-state index contributed by atoms with van der Waals surface area (Å²) < 4.78 is 5.10. The number of amides is 3. The van der Waals surface area contributed by atoms with Gasteiger partial charge in [0.15, 0.2) is 0 Å². The van der Waals surface area contributed by atoms with E-state index in [2.05, 4.69) is 10.6 Å². The monoisotopic (exact) mass is 391 g/mol. The fourth-order valence-corrected chi connectivity index (χ4v) is 2.97. The summed E-state index contributed by atoms with van der Waals surface area (Å²) in [6, 6.07) is 6.08. The van der Waals surface area contributed by atoms with Gasteiger partial charge in [-0.15, -0.1) is 0 Å². The molecule has 0 spiro atoms. The lowest BCUT2D eigenvalue weighted by molar-refractivity contribution is -0.138. The molecule has 3 N–H and O–H groups in total. The van der Waals surface area contributed by atoms with Crippen LogP contribution in [0.2, 0.25) is 0 Å². The Morgan fingerprint density at radius 2 is 1.89 bits per heavy atom. The van der Waals surface area contributed by atoms with Crippen LogP contribution in [0.5, 0.6) is 5.75 Å². The topological polar surface area (TPSA) is 125 Å². The maximum absolute atomic E-state index is 12.6. The normalized spacial score (nSPS) is 17.4. The van der Waals surface area contributed by atoms with Gasteiger partial charge in [-0.05, 0) is 30.2 Å². The van der Waals surface area contributed by atoms with Crippen LogP contribution in [0.15, 0.2) is 24.3 Å². The molecule has 152 valence electrons. The van der Waals surface area contributed by atoms with Crippen molar-refractivity contribution < 1.29 is 29.0 Å². The zero-order valence-electron chi connectivity index (χ0n) is 16.1. The molecule has 2 unspecified atom stereocenters. The fourth-order valence-electron chi connectivity index (χ4n) is 2.97. The number of methoxy groups -OCH3 is 1. The number of carboxylic acids is 1. The minimum Gasteiger partial charge on any atom is -0.497 e. The molecule has 28 heavy (non-hydrogen) atoms. The number of carboxylic acid groups (broad SMARTS) is 1. The van der Waals surface area contributed by atoms with E-state index >= 15 is 0 Å². The van der Waals surface area contributed by atoms with Gasteiger partial charge in [0, 0.05) is 18.7 Å². The van der Waals surface area contributed by atoms with E-state index in [-0.39, 0.29) is 24.8 Å². The molecule has 9 nitrogen and oxygen atoms in total. The van der Waals surface area contributed by atoms with Gasteiger partial charge < -0.3 is 25.4 Å². The van der Waals surface area contributed by atoms with Crippen molar-refractivity contribution in [1.29, 1.82) is 0 Å². The van der Waals surface area contributed by atoms with Gasteiger partial charge in [0.1, 0.15) is 18.3 Å². The Kier molecular flexibility index (Phi) is 6.97. The van der Waals surface area contributed by atoms with Crippen molar-refractivity contribution in [1.82, 2.24) is 10.6 Å². The predicted molar refractivity (Wildman–Crippen MR) is 101 cm³/mol. The van der Waals surface area contributed by atoms with E-state index in [0.717, 1.165) is 0 Å². The molecule has 0 aromatic heterocycles. The molecule has 0 saturated carbocycles. The maximum atomic E-state index is 12.6. The minimum atomic E-state index is -1.17. The van der Waals surface area contributed by atoms with Crippen molar-refractivity contribution in [2.24, 2.45) is 11.8 Å². The number of nitrogens with one attached hydrogen (secondary N) is 2. The van der Waals surface area contributed by atoms with Crippen LogP contribution in [0.25, 0.3) is 0 Å². The predicted octanol–water partition coefficient (Wildman–Crippen LogP) is 0.390. The molecule has 1 aromatic rings. The van der Waals surface area contributed by atoms with E-state index in [1.54, 1.807) is 45.2 Å². The number of aliphatic carboxylic acids is 1. The molecular formula is C19H25N3O6. The summed E-state index contributed by atoms with van der Waals surface area (Å²) in [5.74, 6) is -2.50. The molecule has 0 aliphatic carbocycles. The van der Waals surface area contributed by atoms with Crippen molar-refractivity contribution in [2.45, 2.75) is 26.3 Å². The van der Waals surface area contributed by atoms with E-state index in [0.29, 0.717) is 11.4 Å². The van der Waals surface area contributed by atoms with Gasteiger partial charge in [0.25, 0.3) is 0 Å². The molecule has 2 rings (SSSR count). The summed E-state index contributed by atoms with van der Waals surface area (Å²) in [5, 5.41) is 13.6. The van der Waals surface area contributed by atoms with E-state index < -0.39 is 36.3 Å². The van der Waals surface area contributed by atoms with Crippen molar-refractivity contribution in [3.05, 3.63) is 24.3 Å². The summed E-state index contributed by atoms with van der Waals surface area (Å²) in [6.45, 7) is 3.17. The van der Waals surface area contributed by atoms with Crippen LogP contribution < -0.4 is 20.3 Å². The first kappa shape index (κ1) is 21.2. The molecule has 2 atom stereocenters. The zero-order chi connectivity index (χ0) is 20.8. The SMILES string of the molecule is COc1ccc(N2CC(C(=O)NC(C(=O)NCC(=O)O)C(C)C)CC2=O)cc1. The van der Waals surface area contributed by atoms with Crippen molar-refractivity contribution in [3.8, 4) is 5.75 Å². The standard InChI is InChI=1S/C19H25N3O6/c1-11(2)17(19(27)20-9-16(24)25)21-18(26)12-8-15(23)22(10-12)13-4-6-14(28-3)7-5-13/h4-7,11-12,17H,8-10H2,1-3H3,(H,20,27)(H,21,26)(H,24,25). The molecular weight excluding hydrogens is 366 g/mol. The van der Waals surface area contributed by atoms with Crippen LogP contribution in [0.3, 0.4) is 0 Å². The number of anilines is 1. The second kappa shape index (κ2) is 9.20. The Morgan fingerprint density at radius 1 is 1.25 bits per heavy atom. The van der Waals surface area contributed by atoms with Crippen molar-refractivity contribution in [2.75, 3.05) is 25.1 Å². The Morgan fingerprint density at radius 3 is 2.43 bits per heavy atom. The zero-order valence-corrected chi connectivity index (χ0v) is 16.1. The van der Waals surface area contributed by atoms with Gasteiger partial charge >= 0.3 is 5.97 Å². The lowest BCUT2D eigenvalue weighted by Gasteiger charge is -2.23. The Labute approximate surface area is 163 Å². The number of rotatable bonds is 8. The average molecular weight is 391 g/mol. The van der Waals surface area contributed by atoms with Crippen LogP contribution in [-0.4, -0.2) is 55.0 Å². The molecule has 0 bridgehead atoms. The maximum Gasteiger partial charge on any atom is 0.322 e. The molecule has 1 aliphatic heterocycles. The third-order valence-corrected chi connectivity index (χ3v) is 4.54. The van der Waals surface area contributed by atoms with E-state index in [1.807, 2.05) is 0 Å². The third-order valence-electron chi connectivity index (χ3n) is 4.54. The second-order valence-corrected chi connectivity index (χ2v) is 6.95. The Balaban J connectivity index is 2.01. The smallest absolute Gasteiger partial charge is 0.322 e. The molecule has 0 radical (unpaired) electrons. The van der Waals surface area contributed by atoms with Crippen LogP contribution in [0.1, 0.15) is 20.3 Å². The quantitative estimate of drug-likeness (QED) is 0.589. The number of ether oxygens (including phenoxy) is 1. The lowest BCUT2D eigenvalue weighted by atomic mass is 10.0. The molecule has 1 saturated heterocycles. The highest BCUT2D eigenvalue weighted by molar-refractivity contribution is 6.01. The molecule has 9 heteroatoms. The van der Waals surface area contributed by atoms with Crippen LogP contribution in [0.4, 0.5) is 5.69 Å². The molecule has 1 fully saturated rings. The summed E-state index contributed by atoms with van der Waals surface area (Å²) in [4.78, 5) is 49.3. The number of hydrogen-bond donors (Lipinski definition) is 3. The molecule has 1 aliphatic rings. The number of benzene rings is 1. The number of hydrogen-bond acceptors (Lipinski definition) is 5. The Bertz CT molecular complexity index is 747. The highest BCUT2D eigenvalue weighted by Crippen LogP contribution is 2.27. The van der Waals surface area contributed by atoms with Crippen LogP contribution >= 0.6 is 0 Å². The fraction of sp³-hybridized carbons (Fsp3) is 0.474. The molecule has 3 amide bonds. The van der Waals surface area contributed by atoms with Crippen LogP contribution in [0, 0.1) is 11.8 Å². The lowest BCUT2D eigenvalue weighted by Crippen LogP contribution is -2.52. The molecule has 1 aromatic carbocycles. The largest absolute Gasteiger partial charge is 0.497 e. The summed E-state index contributed by atoms with van der Waals surface area (Å²) in [7, 11) is 1.55. The summed E-state index contributed by atoms with van der Waals surface area (Å²) in [6.07, 6.45) is 0.0411. The van der Waals surface area contributed by atoms with Crippen molar-refractivity contribution in [3.63, 3.8) is 0 Å². The van der Waals surface area contributed by atoms with E-state index in [9.17, 15) is 19.2 Å². The highest BCUT2D eigenvalue weighted by Gasteiger charge is 2.37. The molecule has 1 heterocycles. The first-order valence-electron chi connectivity index (χ1n) is 8.97. The average Bonchev–Trinajstić information content (AvgIpc) is 3.05. The number of carbonyl (C=O) groups is 4. The van der Waals surface area contributed by atoms with Gasteiger partial charge in [-0.25, -0.2) is 0 Å². The summed E-state index contributed by atoms with van der Waals surface area (Å²) in [5.41, 5.74) is 0.667. The highest BCUT2D eigenvalue weighted by atomic mass is 16.5. The van der Waals surface area contributed by atoms with Gasteiger partial charge in [-0.1, -0.05) is 13.8 Å². The van der Waals surface area contributed by atoms with Gasteiger partial charge in [0.2, 0.25) is 17.7 Å². The first-order valence-corrected chi connectivity index (χ1v) is 8.97. The van der Waals surface area contributed by atoms with Gasteiger partial charge in [0.05, 0.1) is 13.0 Å². The minimum absolute atomic E-state index is 0.0411. The number of carbonyl (C=O) groups excluding carboxylic acids is 3. The summed E-state index contributed by atoms with van der Waals surface area (Å²) >= 11 is 0. The number of nitrogens with zero attached hydrogens (tertiary/aromatic N) is 1.